The summed E-state index contributed by atoms with van der Waals surface area (Å²) in [5.41, 5.74) is 4.54. The summed E-state index contributed by atoms with van der Waals surface area (Å²) >= 11 is 0. The van der Waals surface area contributed by atoms with E-state index >= 15 is 0 Å². The zero-order valence-electron chi connectivity index (χ0n) is 3.90. The van der Waals surface area contributed by atoms with Crippen LogP contribution in [0.15, 0.2) is 0 Å². The monoisotopic (exact) mass is 152 g/mol. The number of nitrogens with two attached hydrogens (primary N) is 1. The van der Waals surface area contributed by atoms with Gasteiger partial charge in [0.15, 0.2) is 0 Å². The van der Waals surface area contributed by atoms with Gasteiger partial charge in [-0.15, -0.1) is 0 Å². The molecule has 2 N–H and O–H groups in total. The summed E-state index contributed by atoms with van der Waals surface area (Å²) in [7, 11) is 0. The van der Waals surface area contributed by atoms with Crippen LogP contribution >= 0.6 is 0 Å². The number of ether oxygens (including phenoxy) is 1. The van der Waals surface area contributed by atoms with Gasteiger partial charge in [0.05, 0.1) is 6.61 Å². The fourth-order valence-corrected chi connectivity index (χ4v) is 0.142. The van der Waals surface area contributed by atoms with Crippen molar-refractivity contribution in [2.45, 2.75) is 6.92 Å². The van der Waals surface area contributed by atoms with Crippen molar-refractivity contribution in [1.29, 1.82) is 0 Å². The topological polar surface area (TPSA) is 52.3 Å². The van der Waals surface area contributed by atoms with Crippen molar-refractivity contribution in [3.63, 3.8) is 0 Å². The van der Waals surface area contributed by atoms with Gasteiger partial charge in [-0.2, -0.15) is 0 Å². The normalized spacial score (nSPS) is 6.43. The van der Waals surface area contributed by atoms with E-state index in [9.17, 15) is 4.79 Å². The van der Waals surface area contributed by atoms with Gasteiger partial charge in [-0.25, -0.2) is 4.79 Å². The fourth-order valence-electron chi connectivity index (χ4n) is 0.142. The second kappa shape index (κ2) is 5.79. The Labute approximate surface area is 52.7 Å². The third-order valence-electron chi connectivity index (χ3n) is 0.287. The molecular formula is C3H7CuNO2+2. The molecule has 0 aromatic heterocycles. The van der Waals surface area contributed by atoms with Crippen molar-refractivity contribution in [2.75, 3.05) is 6.61 Å². The molecule has 0 saturated heterocycles. The average molecular weight is 153 g/mol. The predicted molar refractivity (Wildman–Crippen MR) is 21.2 cm³/mol. The molecule has 0 aliphatic heterocycles. The van der Waals surface area contributed by atoms with Gasteiger partial charge in [-0.3, -0.25) is 0 Å². The van der Waals surface area contributed by atoms with Gasteiger partial charge < -0.3 is 10.5 Å². The minimum Gasteiger partial charge on any atom is -0.450 e. The number of carbonyl (C=O) groups is 1. The molecule has 0 spiro atoms. The standard InChI is InChI=1S/C3H7NO2.Cu/c1-2-6-3(4)5;/h2H2,1H3,(H2,4,5);/q;+2. The van der Waals surface area contributed by atoms with Gasteiger partial charge in [-0.1, -0.05) is 0 Å². The van der Waals surface area contributed by atoms with E-state index < -0.39 is 6.09 Å². The van der Waals surface area contributed by atoms with E-state index in [0.717, 1.165) is 0 Å². The van der Waals surface area contributed by atoms with Crippen LogP contribution in [0.2, 0.25) is 0 Å². The van der Waals surface area contributed by atoms with Crippen LogP contribution in [0.4, 0.5) is 4.79 Å². The third kappa shape index (κ3) is 10.7. The molecule has 3 nitrogen and oxygen atoms in total. The summed E-state index contributed by atoms with van der Waals surface area (Å²) in [6, 6.07) is 0. The molecule has 0 rings (SSSR count). The molecule has 0 aliphatic rings. The van der Waals surface area contributed by atoms with Crippen LogP contribution < -0.4 is 5.73 Å². The van der Waals surface area contributed by atoms with Crippen LogP contribution in [-0.2, 0) is 21.8 Å². The summed E-state index contributed by atoms with van der Waals surface area (Å²) < 4.78 is 4.18. The number of hydrogen-bond acceptors (Lipinski definition) is 2. The second-order valence-corrected chi connectivity index (χ2v) is 0.752. The smallest absolute Gasteiger partial charge is 0.450 e. The quantitative estimate of drug-likeness (QED) is 0.542. The molecule has 0 unspecified atom stereocenters. The van der Waals surface area contributed by atoms with E-state index in [1.165, 1.54) is 0 Å². The molecule has 4 heteroatoms. The van der Waals surface area contributed by atoms with Crippen LogP contribution in [0.3, 0.4) is 0 Å². The van der Waals surface area contributed by atoms with Gasteiger partial charge in [0.1, 0.15) is 0 Å². The van der Waals surface area contributed by atoms with E-state index in [2.05, 4.69) is 10.5 Å². The molecule has 0 atom stereocenters. The Morgan fingerprint density at radius 2 is 2.29 bits per heavy atom. The maximum atomic E-state index is 9.60. The molecule has 0 heterocycles. The van der Waals surface area contributed by atoms with Gasteiger partial charge in [0, 0.05) is 0 Å². The molecule has 0 bridgehead atoms. The Bertz CT molecular complexity index is 56.9. The molecule has 0 aromatic carbocycles. The van der Waals surface area contributed by atoms with Crippen molar-refractivity contribution < 1.29 is 26.6 Å². The Morgan fingerprint density at radius 3 is 2.29 bits per heavy atom. The zero-order valence-corrected chi connectivity index (χ0v) is 4.84. The maximum absolute atomic E-state index is 9.60. The second-order valence-electron chi connectivity index (χ2n) is 0.752. The van der Waals surface area contributed by atoms with Crippen LogP contribution in [0.1, 0.15) is 6.92 Å². The Balaban J connectivity index is 0. The molecule has 7 heavy (non-hydrogen) atoms. The van der Waals surface area contributed by atoms with E-state index in [1.807, 2.05) is 0 Å². The zero-order chi connectivity index (χ0) is 4.99. The Hall–Kier alpha value is -0.211. The van der Waals surface area contributed by atoms with Crippen LogP contribution in [-0.4, -0.2) is 12.7 Å². The van der Waals surface area contributed by atoms with E-state index in [1.54, 1.807) is 6.92 Å². The largest absolute Gasteiger partial charge is 2.00 e. The number of carbonyl (C=O) groups excluding carboxylic acids is 1. The Kier molecular flexibility index (Phi) is 8.21. The first kappa shape index (κ1) is 9.92. The Morgan fingerprint density at radius 1 is 1.86 bits per heavy atom. The van der Waals surface area contributed by atoms with Crippen molar-refractivity contribution in [2.24, 2.45) is 5.73 Å². The number of amides is 1. The molecule has 1 radical (unpaired) electrons. The number of hydrogen-bond donors (Lipinski definition) is 1. The van der Waals surface area contributed by atoms with E-state index in [4.69, 9.17) is 0 Å². The molecule has 0 aliphatic carbocycles. The van der Waals surface area contributed by atoms with Crippen molar-refractivity contribution in [3.05, 3.63) is 0 Å². The summed E-state index contributed by atoms with van der Waals surface area (Å²) in [6.07, 6.45) is -0.711. The summed E-state index contributed by atoms with van der Waals surface area (Å²) in [4.78, 5) is 9.60. The molecule has 0 fully saturated rings. The number of primary amides is 1. The van der Waals surface area contributed by atoms with Crippen LogP contribution in [0, 0.1) is 0 Å². The van der Waals surface area contributed by atoms with Crippen LogP contribution in [0.25, 0.3) is 0 Å². The van der Waals surface area contributed by atoms with Gasteiger partial charge in [0.25, 0.3) is 0 Å². The molecule has 0 aromatic rings. The van der Waals surface area contributed by atoms with Crippen molar-refractivity contribution in [3.8, 4) is 0 Å². The molecular weight excluding hydrogens is 146 g/mol. The van der Waals surface area contributed by atoms with E-state index in [-0.39, 0.29) is 17.1 Å². The first-order valence-electron chi connectivity index (χ1n) is 1.69. The van der Waals surface area contributed by atoms with Gasteiger partial charge >= 0.3 is 23.2 Å². The minimum atomic E-state index is -0.711. The summed E-state index contributed by atoms with van der Waals surface area (Å²) in [5, 5.41) is 0. The molecule has 1 amide bonds. The predicted octanol–water partition coefficient (Wildman–Crippen LogP) is 0.0991. The van der Waals surface area contributed by atoms with Gasteiger partial charge in [-0.05, 0) is 6.92 Å². The minimum absolute atomic E-state index is 0. The summed E-state index contributed by atoms with van der Waals surface area (Å²) in [6.45, 7) is 2.06. The maximum Gasteiger partial charge on any atom is 2.00 e. The molecule has 0 saturated carbocycles. The SMILES string of the molecule is CCOC(N)=O.[Cu+2]. The van der Waals surface area contributed by atoms with Crippen molar-refractivity contribution >= 4 is 6.09 Å². The van der Waals surface area contributed by atoms with Gasteiger partial charge in [0.2, 0.25) is 0 Å². The summed E-state index contributed by atoms with van der Waals surface area (Å²) in [5.74, 6) is 0. The third-order valence-corrected chi connectivity index (χ3v) is 0.287. The van der Waals surface area contributed by atoms with Crippen molar-refractivity contribution in [1.82, 2.24) is 0 Å². The molecule has 45 valence electrons. The van der Waals surface area contributed by atoms with E-state index in [0.29, 0.717) is 6.61 Å². The first-order valence-corrected chi connectivity index (χ1v) is 1.69. The number of rotatable bonds is 1. The fraction of sp³-hybridized carbons (Fsp3) is 0.667. The average Bonchev–Trinajstić information content (AvgIpc) is 1.35. The van der Waals surface area contributed by atoms with Crippen LogP contribution in [0.5, 0.6) is 0 Å². The first-order chi connectivity index (χ1) is 2.77.